The number of aromatic hydroxyl groups is 1. The van der Waals surface area contributed by atoms with Crippen molar-refractivity contribution in [2.45, 2.75) is 66.0 Å². The number of nitrogens with zero attached hydrogens (tertiary/aromatic N) is 3. The Morgan fingerprint density at radius 1 is 1.05 bits per heavy atom. The summed E-state index contributed by atoms with van der Waals surface area (Å²) >= 11 is 0. The predicted octanol–water partition coefficient (Wildman–Crippen LogP) is 2.85. The van der Waals surface area contributed by atoms with Gasteiger partial charge in [0, 0.05) is 29.9 Å². The van der Waals surface area contributed by atoms with E-state index < -0.39 is 35.2 Å². The highest BCUT2D eigenvalue weighted by molar-refractivity contribution is 5.97. The first-order chi connectivity index (χ1) is 20.4. The second-order valence-electron chi connectivity index (χ2n) is 10.9. The number of aliphatic hydroxyl groups excluding tert-OH is 1. The van der Waals surface area contributed by atoms with Crippen LogP contribution in [0, 0.1) is 5.41 Å². The number of aliphatic hydroxyl groups is 1. The van der Waals surface area contributed by atoms with Crippen molar-refractivity contribution in [3.05, 3.63) is 47.8 Å². The maximum atomic E-state index is 12.9. The van der Waals surface area contributed by atoms with Crippen LogP contribution in [0.15, 0.2) is 36.7 Å². The molecule has 2 aliphatic rings. The molecule has 0 radical (unpaired) electrons. The number of benzene rings is 1. The van der Waals surface area contributed by atoms with Gasteiger partial charge < -0.3 is 34.9 Å². The summed E-state index contributed by atoms with van der Waals surface area (Å²) in [5, 5.41) is 26.4. The number of fused-ring (bicyclic) bond motifs is 1. The Labute approximate surface area is 250 Å². The van der Waals surface area contributed by atoms with Crippen LogP contribution in [0.3, 0.4) is 0 Å². The molecule has 2 atom stereocenters. The van der Waals surface area contributed by atoms with Crippen LogP contribution in [0.25, 0.3) is 11.4 Å². The highest BCUT2D eigenvalue weighted by Gasteiger charge is 2.26. The first kappa shape index (κ1) is 33.0. The lowest BCUT2D eigenvalue weighted by molar-refractivity contribution is -0.146. The van der Waals surface area contributed by atoms with E-state index in [0.717, 1.165) is 0 Å². The monoisotopic (exact) mass is 597 g/mol. The van der Waals surface area contributed by atoms with E-state index in [-0.39, 0.29) is 68.2 Å². The third-order valence-electron chi connectivity index (χ3n) is 6.60. The van der Waals surface area contributed by atoms with E-state index in [1.807, 2.05) is 0 Å². The number of nitrogens with one attached hydrogen (secondary N) is 2. The summed E-state index contributed by atoms with van der Waals surface area (Å²) in [4.78, 5) is 57.9. The lowest BCUT2D eigenvalue weighted by atomic mass is 9.96. The standard InChI is InChI=1S/C30H39N5O8/c1-6-42-24(37)13-12-22(28(40)43-7-2)32-26(38)19-10-8-18(9-11-19)20(16-36)15-35-17-31-25-21(27(35)39)14-23(33-25)34-29(41)30(3,4)5/h8-11,14,17,20,22,36,39H,6-7,12-13,15-16H2,1-5H3,(H,32,38)(H,34,41). The van der Waals surface area contributed by atoms with Gasteiger partial charge >= 0.3 is 11.9 Å². The van der Waals surface area contributed by atoms with Gasteiger partial charge in [0.2, 0.25) is 11.8 Å². The van der Waals surface area contributed by atoms with Crippen molar-refractivity contribution in [2.24, 2.45) is 5.41 Å². The number of esters is 2. The molecule has 0 saturated heterocycles. The molecule has 232 valence electrons. The van der Waals surface area contributed by atoms with Gasteiger partial charge in [-0.1, -0.05) is 32.9 Å². The number of aromatic nitrogens is 3. The normalized spacial score (nSPS) is 12.8. The van der Waals surface area contributed by atoms with Gasteiger partial charge in [0.15, 0.2) is 5.82 Å². The van der Waals surface area contributed by atoms with Gasteiger partial charge in [-0.3, -0.25) is 14.4 Å². The van der Waals surface area contributed by atoms with Crippen LogP contribution in [0.2, 0.25) is 0 Å². The molecule has 0 aliphatic carbocycles. The largest absolute Gasteiger partial charge is 0.494 e. The van der Waals surface area contributed by atoms with Crippen molar-refractivity contribution in [3.63, 3.8) is 0 Å². The Morgan fingerprint density at radius 3 is 2.33 bits per heavy atom. The molecule has 2 unspecified atom stereocenters. The number of carbonyl (C=O) groups excluding carboxylic acids is 4. The Bertz CT molecular complexity index is 1400. The summed E-state index contributed by atoms with van der Waals surface area (Å²) < 4.78 is 11.4. The molecular formula is C30H39N5O8. The maximum absolute atomic E-state index is 12.9. The third-order valence-corrected chi connectivity index (χ3v) is 6.60. The minimum atomic E-state index is -1.03. The molecule has 2 heterocycles. The average molecular weight is 598 g/mol. The summed E-state index contributed by atoms with van der Waals surface area (Å²) in [6, 6.07) is 6.95. The molecule has 13 heteroatoms. The quantitative estimate of drug-likeness (QED) is 0.214. The predicted molar refractivity (Wildman–Crippen MR) is 156 cm³/mol. The minimum absolute atomic E-state index is 0.0243. The fourth-order valence-electron chi connectivity index (χ4n) is 4.15. The van der Waals surface area contributed by atoms with Crippen molar-refractivity contribution < 1.29 is 38.9 Å². The molecule has 1 aromatic rings. The van der Waals surface area contributed by atoms with E-state index in [1.165, 1.54) is 17.0 Å². The van der Waals surface area contributed by atoms with Crippen LogP contribution in [0.4, 0.5) is 5.82 Å². The van der Waals surface area contributed by atoms with Crippen LogP contribution in [-0.4, -0.2) is 74.4 Å². The van der Waals surface area contributed by atoms with Crippen LogP contribution in [0.1, 0.15) is 69.3 Å². The van der Waals surface area contributed by atoms with E-state index in [1.54, 1.807) is 58.9 Å². The summed E-state index contributed by atoms with van der Waals surface area (Å²) in [6.07, 6.45) is 1.36. The Morgan fingerprint density at radius 2 is 1.72 bits per heavy atom. The van der Waals surface area contributed by atoms with Gasteiger partial charge in [-0.15, -0.1) is 0 Å². The number of ether oxygens (including phenoxy) is 2. The van der Waals surface area contributed by atoms with Crippen molar-refractivity contribution in [3.8, 4) is 17.3 Å². The highest BCUT2D eigenvalue weighted by atomic mass is 16.5. The zero-order valence-electron chi connectivity index (χ0n) is 25.0. The molecule has 3 rings (SSSR count). The first-order valence-electron chi connectivity index (χ1n) is 14.1. The first-order valence-corrected chi connectivity index (χ1v) is 14.1. The van der Waals surface area contributed by atoms with E-state index >= 15 is 0 Å². The molecule has 43 heavy (non-hydrogen) atoms. The molecular weight excluding hydrogens is 558 g/mol. The van der Waals surface area contributed by atoms with Gasteiger partial charge in [0.05, 0.1) is 31.7 Å². The molecule has 0 bridgehead atoms. The molecule has 2 aliphatic heterocycles. The Hall–Kier alpha value is -4.52. The van der Waals surface area contributed by atoms with Crippen molar-refractivity contribution >= 4 is 29.6 Å². The van der Waals surface area contributed by atoms with Crippen molar-refractivity contribution in [1.82, 2.24) is 19.9 Å². The van der Waals surface area contributed by atoms with Gasteiger partial charge in [0.1, 0.15) is 11.9 Å². The average Bonchev–Trinajstić information content (AvgIpc) is 3.38. The van der Waals surface area contributed by atoms with Gasteiger partial charge in [-0.25, -0.2) is 14.8 Å². The molecule has 13 nitrogen and oxygen atoms in total. The summed E-state index contributed by atoms with van der Waals surface area (Å²) in [5.74, 6) is -1.95. The van der Waals surface area contributed by atoms with Crippen molar-refractivity contribution in [1.29, 1.82) is 0 Å². The van der Waals surface area contributed by atoms with Crippen LogP contribution in [0.5, 0.6) is 5.88 Å². The second-order valence-corrected chi connectivity index (χ2v) is 10.9. The number of hydrogen-bond donors (Lipinski definition) is 4. The van der Waals surface area contributed by atoms with E-state index in [0.29, 0.717) is 11.1 Å². The molecule has 2 amide bonds. The number of anilines is 1. The lowest BCUT2D eigenvalue weighted by Crippen LogP contribution is -2.42. The fourth-order valence-corrected chi connectivity index (χ4v) is 4.15. The smallest absolute Gasteiger partial charge is 0.328 e. The van der Waals surface area contributed by atoms with E-state index in [2.05, 4.69) is 20.6 Å². The van der Waals surface area contributed by atoms with Gasteiger partial charge in [-0.2, -0.15) is 0 Å². The zero-order valence-corrected chi connectivity index (χ0v) is 25.0. The molecule has 4 N–H and O–H groups in total. The summed E-state index contributed by atoms with van der Waals surface area (Å²) in [7, 11) is 0. The molecule has 0 saturated carbocycles. The zero-order chi connectivity index (χ0) is 31.7. The summed E-state index contributed by atoms with van der Waals surface area (Å²) in [5.41, 5.74) is 0.665. The highest BCUT2D eigenvalue weighted by Crippen LogP contribution is 2.33. The molecule has 1 aromatic carbocycles. The van der Waals surface area contributed by atoms with E-state index in [9.17, 15) is 29.4 Å². The fraction of sp³-hybridized carbons (Fsp3) is 0.467. The third kappa shape index (κ3) is 8.74. The van der Waals surface area contributed by atoms with E-state index in [4.69, 9.17) is 9.47 Å². The van der Waals surface area contributed by atoms with Crippen molar-refractivity contribution in [2.75, 3.05) is 25.1 Å². The topological polar surface area (TPSA) is 182 Å². The van der Waals surface area contributed by atoms with Crippen LogP contribution < -0.4 is 10.6 Å². The molecule has 0 aromatic heterocycles. The minimum Gasteiger partial charge on any atom is -0.494 e. The SMILES string of the molecule is CCOC(=O)CCC(NC(=O)c1ccc(C(CO)Cn2cnc3nc(NC(=O)C(C)(C)C)cc-3c2O)cc1)C(=O)OCC. The number of amides is 2. The molecule has 0 fully saturated rings. The number of rotatable bonds is 13. The van der Waals surface area contributed by atoms with Crippen LogP contribution in [-0.2, 0) is 30.4 Å². The van der Waals surface area contributed by atoms with Crippen LogP contribution >= 0.6 is 0 Å². The number of carbonyl (C=O) groups is 4. The Kier molecular flexibility index (Phi) is 11.2. The molecule has 0 spiro atoms. The number of hydrogen-bond acceptors (Lipinski definition) is 10. The lowest BCUT2D eigenvalue weighted by Gasteiger charge is -2.19. The summed E-state index contributed by atoms with van der Waals surface area (Å²) in [6.45, 7) is 8.87. The Balaban J connectivity index is 1.72. The maximum Gasteiger partial charge on any atom is 0.328 e. The van der Waals surface area contributed by atoms with Gasteiger partial charge in [0.25, 0.3) is 5.91 Å². The second kappa shape index (κ2) is 14.6. The van der Waals surface area contributed by atoms with Gasteiger partial charge in [-0.05, 0) is 44.0 Å².